The average Bonchev–Trinajstić information content (AvgIpc) is 3.24. The first-order chi connectivity index (χ1) is 12.2. The number of carboxylic acids is 1. The Hall–Kier alpha value is -1.51. The minimum absolute atomic E-state index is 0.438. The zero-order valence-corrected chi connectivity index (χ0v) is 15.1. The molecule has 1 aromatic rings. The highest BCUT2D eigenvalue weighted by molar-refractivity contribution is 6.30. The monoisotopic (exact) mass is 394 g/mol. The van der Waals surface area contributed by atoms with E-state index in [9.17, 15) is 13.2 Å². The summed E-state index contributed by atoms with van der Waals surface area (Å²) in [5, 5.41) is 15.0. The van der Waals surface area contributed by atoms with E-state index in [1.54, 1.807) is 7.11 Å². The van der Waals surface area contributed by atoms with E-state index in [0.717, 1.165) is 29.7 Å². The van der Waals surface area contributed by atoms with Gasteiger partial charge in [-0.25, -0.2) is 4.79 Å². The van der Waals surface area contributed by atoms with Crippen LogP contribution in [0.25, 0.3) is 0 Å². The van der Waals surface area contributed by atoms with Crippen LogP contribution in [0.3, 0.4) is 0 Å². The van der Waals surface area contributed by atoms with Crippen molar-refractivity contribution in [2.75, 3.05) is 26.7 Å². The van der Waals surface area contributed by atoms with Gasteiger partial charge in [0.2, 0.25) is 0 Å². The Morgan fingerprint density at radius 3 is 2.42 bits per heavy atom. The Morgan fingerprint density at radius 2 is 2.00 bits per heavy atom. The van der Waals surface area contributed by atoms with Crippen molar-refractivity contribution in [3.63, 3.8) is 0 Å². The predicted octanol–water partition coefficient (Wildman–Crippen LogP) is 2.87. The maximum Gasteiger partial charge on any atom is 0.490 e. The molecule has 3 N–H and O–H groups in total. The highest BCUT2D eigenvalue weighted by atomic mass is 35.5. The van der Waals surface area contributed by atoms with Crippen LogP contribution < -0.4 is 15.4 Å². The molecule has 3 rings (SSSR count). The summed E-state index contributed by atoms with van der Waals surface area (Å²) in [5.74, 6) is -1.08. The summed E-state index contributed by atoms with van der Waals surface area (Å²) in [7, 11) is 1.68. The van der Waals surface area contributed by atoms with Gasteiger partial charge in [-0.2, -0.15) is 13.2 Å². The van der Waals surface area contributed by atoms with Crippen molar-refractivity contribution in [3.8, 4) is 5.75 Å². The number of halogens is 4. The summed E-state index contributed by atoms with van der Waals surface area (Å²) in [4.78, 5) is 8.90. The van der Waals surface area contributed by atoms with E-state index in [4.69, 9.17) is 26.2 Å². The third kappa shape index (κ3) is 5.75. The number of alkyl halides is 3. The van der Waals surface area contributed by atoms with E-state index in [1.807, 2.05) is 12.1 Å². The van der Waals surface area contributed by atoms with E-state index in [1.165, 1.54) is 31.5 Å². The lowest BCUT2D eigenvalue weighted by atomic mass is 9.91. The van der Waals surface area contributed by atoms with Crippen molar-refractivity contribution in [2.24, 2.45) is 5.92 Å². The summed E-state index contributed by atoms with van der Waals surface area (Å²) in [6.07, 6.45) is -1.42. The summed E-state index contributed by atoms with van der Waals surface area (Å²) in [6, 6.07) is 5.94. The quantitative estimate of drug-likeness (QED) is 0.692. The Kier molecular flexibility index (Phi) is 6.76. The van der Waals surface area contributed by atoms with Gasteiger partial charge in [-0.3, -0.25) is 0 Å². The molecule has 1 aliphatic carbocycles. The topological polar surface area (TPSA) is 70.6 Å². The predicted molar refractivity (Wildman–Crippen MR) is 91.7 cm³/mol. The van der Waals surface area contributed by atoms with Gasteiger partial charge in [-0.1, -0.05) is 11.6 Å². The molecule has 146 valence electrons. The summed E-state index contributed by atoms with van der Waals surface area (Å²) in [5.41, 5.74) is 1.67. The van der Waals surface area contributed by atoms with Crippen LogP contribution >= 0.6 is 11.6 Å². The zero-order chi connectivity index (χ0) is 19.4. The largest absolute Gasteiger partial charge is 0.497 e. The maximum absolute atomic E-state index is 10.6. The second-order valence-corrected chi connectivity index (χ2v) is 6.93. The van der Waals surface area contributed by atoms with Crippen LogP contribution in [0, 0.1) is 5.92 Å². The number of carboxylic acid groups (broad SMARTS) is 1. The van der Waals surface area contributed by atoms with E-state index in [2.05, 4.69) is 16.7 Å². The van der Waals surface area contributed by atoms with Crippen molar-refractivity contribution < 1.29 is 27.8 Å². The van der Waals surface area contributed by atoms with Crippen LogP contribution in [0.1, 0.15) is 18.4 Å². The van der Waals surface area contributed by atoms with Crippen LogP contribution in [-0.4, -0.2) is 49.5 Å². The lowest BCUT2D eigenvalue weighted by Gasteiger charge is -2.36. The van der Waals surface area contributed by atoms with Gasteiger partial charge in [0.1, 0.15) is 5.75 Å². The molecule has 1 aliphatic heterocycles. The molecule has 1 saturated heterocycles. The van der Waals surface area contributed by atoms with E-state index in [0.29, 0.717) is 5.54 Å². The minimum Gasteiger partial charge on any atom is -0.497 e. The van der Waals surface area contributed by atoms with Gasteiger partial charge >= 0.3 is 12.1 Å². The van der Waals surface area contributed by atoms with Crippen molar-refractivity contribution in [1.82, 2.24) is 10.6 Å². The molecule has 0 spiro atoms. The van der Waals surface area contributed by atoms with Crippen LogP contribution in [0.15, 0.2) is 18.2 Å². The van der Waals surface area contributed by atoms with Crippen LogP contribution in [0.4, 0.5) is 13.2 Å². The number of benzene rings is 1. The SMILES string of the molecule is COc1cc(Cl)cc(CCNC2(C3CNC3)CC2)c1.O=C(O)C(F)(F)F. The second-order valence-electron chi connectivity index (χ2n) is 6.49. The zero-order valence-electron chi connectivity index (χ0n) is 14.3. The molecule has 2 aliphatic rings. The standard InChI is InChI=1S/C15H21ClN2O.C2HF3O2/c1-19-14-7-11(6-13(16)8-14)2-5-18-15(3-4-15)12-9-17-10-12;3-2(4,5)1(6)7/h6-8,12,17-18H,2-5,9-10H2,1H3;(H,6,7). The number of carbonyl (C=O) groups is 1. The van der Waals surface area contributed by atoms with Gasteiger partial charge in [0.05, 0.1) is 7.11 Å². The van der Waals surface area contributed by atoms with E-state index in [-0.39, 0.29) is 0 Å². The minimum atomic E-state index is -5.08. The first-order valence-electron chi connectivity index (χ1n) is 8.25. The molecule has 0 amide bonds. The van der Waals surface area contributed by atoms with Gasteiger partial charge in [0.25, 0.3) is 0 Å². The van der Waals surface area contributed by atoms with Gasteiger partial charge < -0.3 is 20.5 Å². The fraction of sp³-hybridized carbons (Fsp3) is 0.588. The van der Waals surface area contributed by atoms with Crippen molar-refractivity contribution in [2.45, 2.75) is 31.0 Å². The van der Waals surface area contributed by atoms with Gasteiger partial charge in [-0.15, -0.1) is 0 Å². The third-order valence-electron chi connectivity index (χ3n) is 4.65. The van der Waals surface area contributed by atoms with Crippen molar-refractivity contribution >= 4 is 17.6 Å². The first-order valence-corrected chi connectivity index (χ1v) is 8.63. The van der Waals surface area contributed by atoms with Crippen molar-refractivity contribution in [3.05, 3.63) is 28.8 Å². The molecule has 1 heterocycles. The Morgan fingerprint density at radius 1 is 1.38 bits per heavy atom. The van der Waals surface area contributed by atoms with Gasteiger partial charge in [-0.05, 0) is 49.6 Å². The molecule has 0 bridgehead atoms. The van der Waals surface area contributed by atoms with E-state index >= 15 is 0 Å². The molecule has 1 aromatic carbocycles. The molecule has 2 fully saturated rings. The normalized spacial score (nSPS) is 18.3. The fourth-order valence-corrected chi connectivity index (χ4v) is 3.13. The summed E-state index contributed by atoms with van der Waals surface area (Å²) >= 11 is 6.08. The molecule has 1 saturated carbocycles. The lowest BCUT2D eigenvalue weighted by Crippen LogP contribution is -2.55. The first kappa shape index (κ1) is 20.8. The smallest absolute Gasteiger partial charge is 0.490 e. The number of ether oxygens (including phenoxy) is 1. The van der Waals surface area contributed by atoms with Crippen LogP contribution in [0.2, 0.25) is 5.02 Å². The number of hydrogen-bond acceptors (Lipinski definition) is 4. The molecule has 0 aromatic heterocycles. The molecule has 9 heteroatoms. The molecule has 0 radical (unpaired) electrons. The Bertz CT molecular complexity index is 632. The molecular formula is C17H22ClF3N2O3. The highest BCUT2D eigenvalue weighted by Gasteiger charge is 2.50. The number of hydrogen-bond donors (Lipinski definition) is 3. The fourth-order valence-electron chi connectivity index (χ4n) is 2.88. The highest BCUT2D eigenvalue weighted by Crippen LogP contribution is 2.43. The Balaban J connectivity index is 0.000000298. The van der Waals surface area contributed by atoms with Crippen LogP contribution in [-0.2, 0) is 11.2 Å². The van der Waals surface area contributed by atoms with Gasteiger partial charge in [0.15, 0.2) is 0 Å². The number of methoxy groups -OCH3 is 1. The van der Waals surface area contributed by atoms with Crippen molar-refractivity contribution in [1.29, 1.82) is 0 Å². The second kappa shape index (κ2) is 8.45. The lowest BCUT2D eigenvalue weighted by molar-refractivity contribution is -0.192. The molecule has 0 atom stereocenters. The van der Waals surface area contributed by atoms with Crippen LogP contribution in [0.5, 0.6) is 5.75 Å². The number of rotatable bonds is 6. The third-order valence-corrected chi connectivity index (χ3v) is 4.87. The molecule has 0 unspecified atom stereocenters. The van der Waals surface area contributed by atoms with Gasteiger partial charge in [0, 0.05) is 29.6 Å². The molecule has 5 nitrogen and oxygen atoms in total. The summed E-state index contributed by atoms with van der Waals surface area (Å²) < 4.78 is 37.0. The Labute approximate surface area is 154 Å². The number of aliphatic carboxylic acids is 1. The molecule has 26 heavy (non-hydrogen) atoms. The number of nitrogens with one attached hydrogen (secondary N) is 2. The summed E-state index contributed by atoms with van der Waals surface area (Å²) in [6.45, 7) is 3.37. The van der Waals surface area contributed by atoms with E-state index < -0.39 is 12.1 Å². The average molecular weight is 395 g/mol. The maximum atomic E-state index is 10.6. The molecular weight excluding hydrogens is 373 g/mol.